The van der Waals surface area contributed by atoms with Gasteiger partial charge in [-0.15, -0.1) is 0 Å². The molecule has 0 heterocycles. The van der Waals surface area contributed by atoms with Crippen LogP contribution >= 0.6 is 0 Å². The first kappa shape index (κ1) is 15.5. The average Bonchev–Trinajstić information content (AvgIpc) is 2.57. The first-order chi connectivity index (χ1) is 10.7. The summed E-state index contributed by atoms with van der Waals surface area (Å²) in [5, 5.41) is 18.0. The molecule has 4 heteroatoms. The number of rotatable bonds is 6. The van der Waals surface area contributed by atoms with Gasteiger partial charge in [-0.3, -0.25) is 0 Å². The van der Waals surface area contributed by atoms with Crippen LogP contribution in [0.2, 0.25) is 0 Å². The van der Waals surface area contributed by atoms with E-state index in [4.69, 9.17) is 10.00 Å². The van der Waals surface area contributed by atoms with Crippen molar-refractivity contribution >= 4 is 0 Å². The Hall–Kier alpha value is -2.85. The summed E-state index contributed by atoms with van der Waals surface area (Å²) in [6.07, 6.45) is 1.27. The summed E-state index contributed by atoms with van der Waals surface area (Å²) in [6.45, 7) is 0.357. The second kappa shape index (κ2) is 7.81. The average molecular weight is 294 g/mol. The summed E-state index contributed by atoms with van der Waals surface area (Å²) in [4.78, 5) is 0. The van der Waals surface area contributed by atoms with E-state index < -0.39 is 0 Å². The zero-order chi connectivity index (χ0) is 15.8. The molecule has 0 saturated carbocycles. The van der Waals surface area contributed by atoms with Crippen molar-refractivity contribution in [1.82, 2.24) is 0 Å². The summed E-state index contributed by atoms with van der Waals surface area (Å²) >= 11 is 0. The number of hydrogen-bond donors (Lipinski definition) is 0. The molecular weight excluding hydrogens is 279 g/mol. The van der Waals surface area contributed by atoms with Gasteiger partial charge < -0.3 is 4.74 Å². The van der Waals surface area contributed by atoms with Crippen molar-refractivity contribution in [2.45, 2.75) is 18.8 Å². The number of halogens is 1. The first-order valence-corrected chi connectivity index (χ1v) is 7.01. The highest BCUT2D eigenvalue weighted by Crippen LogP contribution is 2.22. The van der Waals surface area contributed by atoms with Gasteiger partial charge in [0.05, 0.1) is 30.2 Å². The topological polar surface area (TPSA) is 56.8 Å². The van der Waals surface area contributed by atoms with Crippen LogP contribution in [0.5, 0.6) is 5.75 Å². The third-order valence-electron chi connectivity index (χ3n) is 3.33. The van der Waals surface area contributed by atoms with E-state index >= 15 is 0 Å². The molecule has 0 aromatic heterocycles. The van der Waals surface area contributed by atoms with E-state index in [2.05, 4.69) is 6.07 Å². The van der Waals surface area contributed by atoms with Crippen LogP contribution in [-0.4, -0.2) is 6.61 Å². The Balaban J connectivity index is 1.85. The van der Waals surface area contributed by atoms with Crippen LogP contribution in [0.1, 0.15) is 29.9 Å². The molecular formula is C18H15FN2O. The lowest BCUT2D eigenvalue weighted by Gasteiger charge is -2.10. The van der Waals surface area contributed by atoms with E-state index in [1.165, 1.54) is 6.07 Å². The molecule has 0 radical (unpaired) electrons. The quantitative estimate of drug-likeness (QED) is 0.751. The molecule has 0 saturated heterocycles. The van der Waals surface area contributed by atoms with Gasteiger partial charge in [0.1, 0.15) is 0 Å². The molecule has 0 bridgehead atoms. The van der Waals surface area contributed by atoms with Gasteiger partial charge in [0.25, 0.3) is 0 Å². The number of hydrogen-bond acceptors (Lipinski definition) is 3. The molecule has 110 valence electrons. The molecule has 0 amide bonds. The van der Waals surface area contributed by atoms with Gasteiger partial charge >= 0.3 is 0 Å². The number of nitrogens with zero attached hydrogens (tertiary/aromatic N) is 2. The number of ether oxygens (including phenoxy) is 1. The Kier molecular flexibility index (Phi) is 5.51. The zero-order valence-electron chi connectivity index (χ0n) is 12.0. The molecule has 0 aliphatic heterocycles. The summed E-state index contributed by atoms with van der Waals surface area (Å²) < 4.78 is 18.8. The van der Waals surface area contributed by atoms with E-state index in [0.29, 0.717) is 25.0 Å². The molecule has 1 atom stereocenters. The lowest BCUT2D eigenvalue weighted by atomic mass is 9.95. The van der Waals surface area contributed by atoms with Crippen molar-refractivity contribution in [3.05, 3.63) is 65.5 Å². The summed E-state index contributed by atoms with van der Waals surface area (Å²) in [7, 11) is 0. The second-order valence-electron chi connectivity index (χ2n) is 4.84. The molecule has 0 N–H and O–H groups in total. The van der Waals surface area contributed by atoms with Crippen LogP contribution in [0.3, 0.4) is 0 Å². The minimum Gasteiger partial charge on any atom is -0.491 e. The van der Waals surface area contributed by atoms with Gasteiger partial charge in [-0.1, -0.05) is 24.3 Å². The Morgan fingerprint density at radius 2 is 1.77 bits per heavy atom. The third-order valence-corrected chi connectivity index (χ3v) is 3.33. The maximum atomic E-state index is 13.4. The highest BCUT2D eigenvalue weighted by Gasteiger charge is 2.10. The molecule has 3 nitrogen and oxygen atoms in total. The van der Waals surface area contributed by atoms with Crippen molar-refractivity contribution in [1.29, 1.82) is 10.5 Å². The van der Waals surface area contributed by atoms with Crippen molar-refractivity contribution in [2.24, 2.45) is 0 Å². The molecule has 0 aliphatic rings. The van der Waals surface area contributed by atoms with Crippen LogP contribution in [0, 0.1) is 28.5 Å². The largest absolute Gasteiger partial charge is 0.491 e. The standard InChI is InChI=1S/C18H15FN2O/c19-17-5-1-2-6-18(17)22-11-3-4-16(13-21)15-9-7-14(12-20)8-10-15/h1-2,5-10,16H,3-4,11H2. The fraction of sp³-hybridized carbons (Fsp3) is 0.222. The molecule has 2 rings (SSSR count). The Labute approximate surface area is 129 Å². The normalized spacial score (nSPS) is 11.2. The Morgan fingerprint density at radius 1 is 1.05 bits per heavy atom. The van der Waals surface area contributed by atoms with Crippen LogP contribution in [-0.2, 0) is 0 Å². The van der Waals surface area contributed by atoms with Gasteiger partial charge in [0, 0.05) is 0 Å². The Morgan fingerprint density at radius 3 is 2.41 bits per heavy atom. The van der Waals surface area contributed by atoms with E-state index in [-0.39, 0.29) is 17.5 Å². The van der Waals surface area contributed by atoms with Crippen molar-refractivity contribution < 1.29 is 9.13 Å². The van der Waals surface area contributed by atoms with Crippen LogP contribution in [0.4, 0.5) is 4.39 Å². The molecule has 0 spiro atoms. The summed E-state index contributed by atoms with van der Waals surface area (Å²) in [5.74, 6) is -0.405. The highest BCUT2D eigenvalue weighted by atomic mass is 19.1. The zero-order valence-corrected chi connectivity index (χ0v) is 12.0. The minimum atomic E-state index is -0.383. The second-order valence-corrected chi connectivity index (χ2v) is 4.84. The van der Waals surface area contributed by atoms with Crippen LogP contribution in [0.25, 0.3) is 0 Å². The fourth-order valence-electron chi connectivity index (χ4n) is 2.13. The molecule has 2 aromatic rings. The van der Waals surface area contributed by atoms with Gasteiger partial charge in [0.15, 0.2) is 11.6 Å². The van der Waals surface area contributed by atoms with E-state index in [0.717, 1.165) is 5.56 Å². The van der Waals surface area contributed by atoms with Gasteiger partial charge in [0.2, 0.25) is 0 Å². The van der Waals surface area contributed by atoms with Crippen LogP contribution in [0.15, 0.2) is 48.5 Å². The monoisotopic (exact) mass is 294 g/mol. The Bertz CT molecular complexity index is 698. The van der Waals surface area contributed by atoms with E-state index in [1.807, 2.05) is 6.07 Å². The number of benzene rings is 2. The lowest BCUT2D eigenvalue weighted by Crippen LogP contribution is -2.03. The third kappa shape index (κ3) is 4.07. The van der Waals surface area contributed by atoms with E-state index in [9.17, 15) is 9.65 Å². The van der Waals surface area contributed by atoms with Gasteiger partial charge in [-0.2, -0.15) is 10.5 Å². The van der Waals surface area contributed by atoms with Crippen molar-refractivity contribution in [3.63, 3.8) is 0 Å². The molecule has 2 aromatic carbocycles. The predicted octanol–water partition coefficient (Wildman–Crippen LogP) is 4.16. The van der Waals surface area contributed by atoms with E-state index in [1.54, 1.807) is 42.5 Å². The molecule has 0 aliphatic carbocycles. The smallest absolute Gasteiger partial charge is 0.165 e. The molecule has 22 heavy (non-hydrogen) atoms. The number of para-hydroxylation sites is 1. The SMILES string of the molecule is N#Cc1ccc(C(C#N)CCCOc2ccccc2F)cc1. The fourth-order valence-corrected chi connectivity index (χ4v) is 2.13. The summed E-state index contributed by atoms with van der Waals surface area (Å²) in [5.41, 5.74) is 1.45. The van der Waals surface area contributed by atoms with Gasteiger partial charge in [-0.05, 0) is 42.7 Å². The minimum absolute atomic E-state index is 0.231. The van der Waals surface area contributed by atoms with Crippen molar-refractivity contribution in [2.75, 3.05) is 6.61 Å². The summed E-state index contributed by atoms with van der Waals surface area (Å²) in [6, 6.07) is 17.6. The first-order valence-electron chi connectivity index (χ1n) is 7.01. The predicted molar refractivity (Wildman–Crippen MR) is 80.6 cm³/mol. The molecule has 0 fully saturated rings. The lowest BCUT2D eigenvalue weighted by molar-refractivity contribution is 0.290. The molecule has 1 unspecified atom stereocenters. The van der Waals surface area contributed by atoms with Crippen molar-refractivity contribution in [3.8, 4) is 17.9 Å². The van der Waals surface area contributed by atoms with Crippen LogP contribution < -0.4 is 4.74 Å². The van der Waals surface area contributed by atoms with Gasteiger partial charge in [-0.25, -0.2) is 4.39 Å². The maximum Gasteiger partial charge on any atom is 0.165 e. The number of nitriles is 2. The highest BCUT2D eigenvalue weighted by molar-refractivity contribution is 5.34. The maximum absolute atomic E-state index is 13.4.